The summed E-state index contributed by atoms with van der Waals surface area (Å²) in [6, 6.07) is 8.74. The molecular weight excluding hydrogens is 440 g/mol. The molecule has 2 aliphatic heterocycles. The zero-order valence-electron chi connectivity index (χ0n) is 19.6. The number of carboxylic acids is 1. The van der Waals surface area contributed by atoms with E-state index in [0.717, 1.165) is 31.5 Å². The summed E-state index contributed by atoms with van der Waals surface area (Å²) in [4.78, 5) is 59.1. The Hall–Kier alpha value is -3.69. The van der Waals surface area contributed by atoms with Gasteiger partial charge in [-0.25, -0.2) is 0 Å². The van der Waals surface area contributed by atoms with E-state index in [1.807, 2.05) is 35.2 Å². The molecule has 2 aliphatic rings. The first-order valence-electron chi connectivity index (χ1n) is 11.2. The second-order valence-corrected chi connectivity index (χ2v) is 7.76. The molecule has 1 aromatic rings. The van der Waals surface area contributed by atoms with E-state index in [1.165, 1.54) is 15.9 Å². The van der Waals surface area contributed by atoms with Crippen LogP contribution in [0.4, 0.5) is 0 Å². The molecule has 186 valence electrons. The van der Waals surface area contributed by atoms with E-state index >= 15 is 0 Å². The first-order valence-corrected chi connectivity index (χ1v) is 11.2. The average molecular weight is 475 g/mol. The van der Waals surface area contributed by atoms with Gasteiger partial charge in [0.2, 0.25) is 24.1 Å². The molecule has 0 saturated carbocycles. The second-order valence-electron chi connectivity index (χ2n) is 7.76. The van der Waals surface area contributed by atoms with Gasteiger partial charge < -0.3 is 25.5 Å². The topological polar surface area (TPSA) is 141 Å². The summed E-state index contributed by atoms with van der Waals surface area (Å²) in [6.07, 6.45) is 5.18. The molecule has 0 aromatic heterocycles. The number of amides is 4. The molecule has 2 heterocycles. The van der Waals surface area contributed by atoms with Crippen LogP contribution < -0.4 is 5.73 Å². The van der Waals surface area contributed by atoms with Gasteiger partial charge in [-0.1, -0.05) is 43.8 Å². The van der Waals surface area contributed by atoms with Gasteiger partial charge >= 0.3 is 5.97 Å². The lowest BCUT2D eigenvalue weighted by Gasteiger charge is -2.38. The summed E-state index contributed by atoms with van der Waals surface area (Å²) in [5.41, 5.74) is 5.59. The van der Waals surface area contributed by atoms with Gasteiger partial charge in [0.25, 0.3) is 0 Å². The predicted octanol–water partition coefficient (Wildman–Crippen LogP) is 0.659. The number of nitrogens with two attached hydrogens (primary N) is 1. The number of carbonyl (C=O) groups excluding carboxylic acids is 4. The average Bonchev–Trinajstić information content (AvgIpc) is 3.37. The molecule has 1 atom stereocenters. The normalized spacial score (nSPS) is 17.0. The monoisotopic (exact) mass is 474 g/mol. The number of carbonyl (C=O) groups is 5. The number of aliphatic carboxylic acids is 1. The van der Waals surface area contributed by atoms with Crippen molar-refractivity contribution in [3.05, 3.63) is 48.6 Å². The lowest BCUT2D eigenvalue weighted by molar-refractivity contribution is -0.152. The number of likely N-dealkylation sites (tertiary alicyclic amines) is 1. The molecule has 10 nitrogen and oxygen atoms in total. The van der Waals surface area contributed by atoms with E-state index < -0.39 is 12.0 Å². The molecule has 0 aliphatic carbocycles. The van der Waals surface area contributed by atoms with E-state index in [0.29, 0.717) is 25.8 Å². The van der Waals surface area contributed by atoms with Crippen LogP contribution in [0.15, 0.2) is 43.0 Å². The van der Waals surface area contributed by atoms with Crippen LogP contribution in [0.2, 0.25) is 0 Å². The molecule has 0 bridgehead atoms. The third-order valence-corrected chi connectivity index (χ3v) is 5.30. The number of hydrogen-bond acceptors (Lipinski definition) is 5. The van der Waals surface area contributed by atoms with Gasteiger partial charge in [0, 0.05) is 39.0 Å². The van der Waals surface area contributed by atoms with Crippen molar-refractivity contribution < 1.29 is 29.1 Å². The fourth-order valence-corrected chi connectivity index (χ4v) is 3.41. The van der Waals surface area contributed by atoms with Crippen LogP contribution in [-0.4, -0.2) is 88.7 Å². The van der Waals surface area contributed by atoms with Crippen molar-refractivity contribution in [3.63, 3.8) is 0 Å². The Bertz CT molecular complexity index is 839. The highest BCUT2D eigenvalue weighted by Gasteiger charge is 2.34. The van der Waals surface area contributed by atoms with Gasteiger partial charge in [-0.15, -0.1) is 0 Å². The lowest BCUT2D eigenvalue weighted by Crippen LogP contribution is -2.58. The first-order chi connectivity index (χ1) is 16.2. The summed E-state index contributed by atoms with van der Waals surface area (Å²) < 4.78 is 0. The van der Waals surface area contributed by atoms with Crippen molar-refractivity contribution in [3.8, 4) is 0 Å². The van der Waals surface area contributed by atoms with Crippen LogP contribution in [0.5, 0.6) is 0 Å². The number of carboxylic acid groups (broad SMARTS) is 1. The summed E-state index contributed by atoms with van der Waals surface area (Å²) in [7, 11) is 0. The van der Waals surface area contributed by atoms with Crippen LogP contribution in [0.25, 0.3) is 0 Å². The van der Waals surface area contributed by atoms with Gasteiger partial charge in [-0.2, -0.15) is 0 Å². The molecule has 2 saturated heterocycles. The highest BCUT2D eigenvalue weighted by atomic mass is 16.4. The number of nitrogens with zero attached hydrogens (tertiary/aromatic N) is 3. The minimum atomic E-state index is -1.05. The summed E-state index contributed by atoms with van der Waals surface area (Å²) in [5, 5.41) is 8.81. The zero-order valence-corrected chi connectivity index (χ0v) is 19.6. The van der Waals surface area contributed by atoms with Crippen molar-refractivity contribution in [2.24, 2.45) is 5.73 Å². The Labute approximate surface area is 200 Å². The highest BCUT2D eigenvalue weighted by molar-refractivity contribution is 5.88. The van der Waals surface area contributed by atoms with Crippen molar-refractivity contribution >= 4 is 30.1 Å². The SMILES string of the molecule is C=CC(=O)N1CCCC1.CCC(N)=O.O=CN1CCN(CC(=O)O)C(=O)C1Cc1ccccc1. The molecular formula is C24H34N4O6. The van der Waals surface area contributed by atoms with Gasteiger partial charge in [-0.3, -0.25) is 24.0 Å². The van der Waals surface area contributed by atoms with E-state index in [4.69, 9.17) is 5.11 Å². The maximum atomic E-state index is 12.3. The number of piperazine rings is 1. The van der Waals surface area contributed by atoms with E-state index in [-0.39, 0.29) is 30.8 Å². The molecule has 10 heteroatoms. The van der Waals surface area contributed by atoms with Crippen LogP contribution in [0.1, 0.15) is 31.7 Å². The molecule has 3 rings (SSSR count). The van der Waals surface area contributed by atoms with Crippen molar-refractivity contribution in [1.29, 1.82) is 0 Å². The standard InChI is InChI=1S/C14H16N2O4.C7H11NO.C3H7NO/c17-10-16-7-6-15(9-13(18)19)14(20)12(16)8-11-4-2-1-3-5-11;1-2-7(9)8-5-3-4-6-8;1-2-3(4)5/h1-5,10,12H,6-9H2,(H,18,19);2H,1,3-6H2;2H2,1H3,(H2,4,5). The summed E-state index contributed by atoms with van der Waals surface area (Å²) in [6.45, 7) is 7.28. The van der Waals surface area contributed by atoms with Gasteiger partial charge in [-0.05, 0) is 24.5 Å². The molecule has 2 fully saturated rings. The first kappa shape index (κ1) is 28.3. The van der Waals surface area contributed by atoms with E-state index in [9.17, 15) is 24.0 Å². The Morgan fingerprint density at radius 1 is 1.12 bits per heavy atom. The molecule has 34 heavy (non-hydrogen) atoms. The third-order valence-electron chi connectivity index (χ3n) is 5.30. The minimum Gasteiger partial charge on any atom is -0.480 e. The smallest absolute Gasteiger partial charge is 0.323 e. The van der Waals surface area contributed by atoms with Crippen LogP contribution in [-0.2, 0) is 30.4 Å². The van der Waals surface area contributed by atoms with E-state index in [2.05, 4.69) is 12.3 Å². The summed E-state index contributed by atoms with van der Waals surface area (Å²) in [5.74, 6) is -1.52. The fourth-order valence-electron chi connectivity index (χ4n) is 3.41. The number of hydrogen-bond donors (Lipinski definition) is 2. The lowest BCUT2D eigenvalue weighted by atomic mass is 10.0. The quantitative estimate of drug-likeness (QED) is 0.439. The molecule has 4 amide bonds. The van der Waals surface area contributed by atoms with Crippen LogP contribution in [0, 0.1) is 0 Å². The largest absolute Gasteiger partial charge is 0.480 e. The number of rotatable bonds is 7. The van der Waals surface area contributed by atoms with Crippen molar-refractivity contribution in [2.45, 2.75) is 38.6 Å². The van der Waals surface area contributed by atoms with Crippen molar-refractivity contribution in [1.82, 2.24) is 14.7 Å². The molecule has 0 spiro atoms. The Kier molecular flexibility index (Phi) is 12.7. The highest BCUT2D eigenvalue weighted by Crippen LogP contribution is 2.15. The zero-order chi connectivity index (χ0) is 25.5. The Balaban J connectivity index is 0.000000340. The fraction of sp³-hybridized carbons (Fsp3) is 0.458. The van der Waals surface area contributed by atoms with Gasteiger partial charge in [0.15, 0.2) is 0 Å². The number of benzene rings is 1. The van der Waals surface area contributed by atoms with Gasteiger partial charge in [0.05, 0.1) is 0 Å². The third kappa shape index (κ3) is 9.85. The maximum Gasteiger partial charge on any atom is 0.323 e. The predicted molar refractivity (Wildman–Crippen MR) is 126 cm³/mol. The van der Waals surface area contributed by atoms with Crippen LogP contribution in [0.3, 0.4) is 0 Å². The maximum absolute atomic E-state index is 12.3. The Morgan fingerprint density at radius 3 is 2.18 bits per heavy atom. The molecule has 1 unspecified atom stereocenters. The second kappa shape index (κ2) is 15.2. The summed E-state index contributed by atoms with van der Waals surface area (Å²) >= 11 is 0. The minimum absolute atomic E-state index is 0.0764. The Morgan fingerprint density at radius 2 is 1.71 bits per heavy atom. The van der Waals surface area contributed by atoms with Crippen LogP contribution >= 0.6 is 0 Å². The van der Waals surface area contributed by atoms with E-state index in [1.54, 1.807) is 6.92 Å². The number of primary amides is 1. The molecule has 0 radical (unpaired) electrons. The van der Waals surface area contributed by atoms with Gasteiger partial charge in [0.1, 0.15) is 12.6 Å². The molecule has 1 aromatic carbocycles. The molecule has 3 N–H and O–H groups in total. The van der Waals surface area contributed by atoms with Crippen molar-refractivity contribution in [2.75, 3.05) is 32.7 Å².